The summed E-state index contributed by atoms with van der Waals surface area (Å²) in [6.45, 7) is 6.66. The number of fused-ring (bicyclic) bond motifs is 1. The number of benzene rings is 1. The molecule has 0 bridgehead atoms. The second-order valence-electron chi connectivity index (χ2n) is 9.33. The van der Waals surface area contributed by atoms with Crippen LogP contribution in [0.15, 0.2) is 54.1 Å². The molecule has 0 amide bonds. The first-order valence-corrected chi connectivity index (χ1v) is 12.6. The van der Waals surface area contributed by atoms with Crippen molar-refractivity contribution in [3.05, 3.63) is 66.0 Å². The smallest absolute Gasteiger partial charge is 0.0656 e. The second kappa shape index (κ2) is 9.70. The van der Waals surface area contributed by atoms with Gasteiger partial charge in [-0.25, -0.2) is 0 Å². The number of nitrogens with two attached hydrogens (primary N) is 1. The Morgan fingerprint density at radius 1 is 1.13 bits per heavy atom. The third-order valence-electron chi connectivity index (χ3n) is 7.22. The molecule has 1 saturated carbocycles. The molecule has 1 heterocycles. The van der Waals surface area contributed by atoms with E-state index in [1.165, 1.54) is 61.0 Å². The first kappa shape index (κ1) is 21.6. The van der Waals surface area contributed by atoms with Crippen LogP contribution in [-0.4, -0.2) is 10.2 Å². The van der Waals surface area contributed by atoms with Crippen molar-refractivity contribution in [2.75, 3.05) is 0 Å². The van der Waals surface area contributed by atoms with Crippen LogP contribution >= 0.6 is 11.8 Å². The van der Waals surface area contributed by atoms with Gasteiger partial charge in [0, 0.05) is 22.4 Å². The van der Waals surface area contributed by atoms with Gasteiger partial charge in [-0.2, -0.15) is 0 Å². The molecule has 0 aliphatic heterocycles. The summed E-state index contributed by atoms with van der Waals surface area (Å²) < 4.78 is 0. The minimum atomic E-state index is 0.128. The summed E-state index contributed by atoms with van der Waals surface area (Å²) in [4.78, 5) is 6.07. The highest BCUT2D eigenvalue weighted by Crippen LogP contribution is 2.51. The van der Waals surface area contributed by atoms with Crippen molar-refractivity contribution in [1.29, 1.82) is 0 Å². The molecule has 0 radical (unpaired) electrons. The molecular weight excluding hydrogens is 384 g/mol. The van der Waals surface area contributed by atoms with Crippen LogP contribution in [0.3, 0.4) is 0 Å². The highest BCUT2D eigenvalue weighted by atomic mass is 32.2. The number of pyridine rings is 1. The molecule has 2 aliphatic carbocycles. The molecule has 1 aromatic heterocycles. The van der Waals surface area contributed by atoms with E-state index in [9.17, 15) is 0 Å². The molecule has 3 heteroatoms. The molecule has 160 valence electrons. The molecule has 4 rings (SSSR count). The van der Waals surface area contributed by atoms with Crippen LogP contribution in [0.4, 0.5) is 0 Å². The fourth-order valence-electron chi connectivity index (χ4n) is 5.49. The first-order chi connectivity index (χ1) is 14.6. The fourth-order valence-corrected chi connectivity index (χ4v) is 6.70. The Kier molecular flexibility index (Phi) is 7.00. The van der Waals surface area contributed by atoms with Gasteiger partial charge in [0.15, 0.2) is 0 Å². The van der Waals surface area contributed by atoms with Crippen LogP contribution in [0.2, 0.25) is 0 Å². The zero-order chi connectivity index (χ0) is 21.0. The number of aromatic nitrogens is 1. The molecule has 2 nitrogen and oxygen atoms in total. The zero-order valence-corrected chi connectivity index (χ0v) is 19.2. The number of allylic oxidation sites excluding steroid dienone is 1. The van der Waals surface area contributed by atoms with Crippen molar-refractivity contribution in [2.45, 2.75) is 87.3 Å². The molecule has 2 aromatic rings. The topological polar surface area (TPSA) is 38.9 Å². The van der Waals surface area contributed by atoms with E-state index in [0.29, 0.717) is 0 Å². The van der Waals surface area contributed by atoms with Crippen LogP contribution in [0.5, 0.6) is 0 Å². The number of thioether (sulfide) groups is 1. The van der Waals surface area contributed by atoms with Gasteiger partial charge in [0.2, 0.25) is 0 Å². The van der Waals surface area contributed by atoms with E-state index in [1.807, 2.05) is 11.8 Å². The predicted molar refractivity (Wildman–Crippen MR) is 130 cm³/mol. The maximum Gasteiger partial charge on any atom is 0.0656 e. The summed E-state index contributed by atoms with van der Waals surface area (Å²) in [5.41, 5.74) is 11.9. The normalized spacial score (nSPS) is 24.0. The third-order valence-corrected chi connectivity index (χ3v) is 8.54. The zero-order valence-electron chi connectivity index (χ0n) is 18.4. The Morgan fingerprint density at radius 3 is 2.63 bits per heavy atom. The molecule has 0 saturated heterocycles. The summed E-state index contributed by atoms with van der Waals surface area (Å²) >= 11 is 2.01. The van der Waals surface area contributed by atoms with Crippen LogP contribution in [0.25, 0.3) is 5.57 Å². The Labute approximate surface area is 186 Å². The van der Waals surface area contributed by atoms with Crippen molar-refractivity contribution in [2.24, 2.45) is 11.1 Å². The Hall–Kier alpha value is -1.58. The van der Waals surface area contributed by atoms with Gasteiger partial charge in [0.05, 0.1) is 5.69 Å². The van der Waals surface area contributed by atoms with Crippen LogP contribution < -0.4 is 5.73 Å². The maximum atomic E-state index is 6.80. The van der Waals surface area contributed by atoms with Crippen molar-refractivity contribution in [3.63, 3.8) is 0 Å². The van der Waals surface area contributed by atoms with Crippen LogP contribution in [0, 0.1) is 5.41 Å². The molecule has 30 heavy (non-hydrogen) atoms. The molecule has 0 spiro atoms. The fraction of sp³-hybridized carbons (Fsp3) is 0.519. The van der Waals surface area contributed by atoms with Gasteiger partial charge >= 0.3 is 0 Å². The lowest BCUT2D eigenvalue weighted by Gasteiger charge is -2.34. The lowest BCUT2D eigenvalue weighted by molar-refractivity contribution is 0.206. The standard InChI is InChI=1S/C27H36N2S/c1-3-16-27(18-21-9-7-8-12-24(21)26(27)28)17-15-20(2)25-14-13-23(19-29-25)30-22-10-5-4-6-11-22/h7-9,12-14,19,22,26H,2-6,10-11,15-18,28H2,1H3/t26-,27?/m1/s1. The minimum Gasteiger partial charge on any atom is -0.323 e. The van der Waals surface area contributed by atoms with Gasteiger partial charge in [-0.15, -0.1) is 11.8 Å². The van der Waals surface area contributed by atoms with Crippen LogP contribution in [0.1, 0.15) is 87.6 Å². The van der Waals surface area contributed by atoms with E-state index in [-0.39, 0.29) is 11.5 Å². The van der Waals surface area contributed by atoms with Crippen molar-refractivity contribution < 1.29 is 0 Å². The van der Waals surface area contributed by atoms with Crippen molar-refractivity contribution in [1.82, 2.24) is 4.98 Å². The molecule has 2 N–H and O–H groups in total. The van der Waals surface area contributed by atoms with Gasteiger partial charge < -0.3 is 5.73 Å². The van der Waals surface area contributed by atoms with E-state index in [0.717, 1.165) is 35.8 Å². The highest BCUT2D eigenvalue weighted by molar-refractivity contribution is 8.00. The van der Waals surface area contributed by atoms with Crippen molar-refractivity contribution in [3.8, 4) is 0 Å². The van der Waals surface area contributed by atoms with Gasteiger partial charge in [0.1, 0.15) is 0 Å². The molecule has 1 unspecified atom stereocenters. The lowest BCUT2D eigenvalue weighted by Crippen LogP contribution is -2.31. The summed E-state index contributed by atoms with van der Waals surface area (Å²) in [6, 6.07) is 13.3. The minimum absolute atomic E-state index is 0.128. The second-order valence-corrected chi connectivity index (χ2v) is 10.7. The molecular formula is C27H36N2S. The van der Waals surface area contributed by atoms with E-state index < -0.39 is 0 Å². The maximum absolute atomic E-state index is 6.80. The summed E-state index contributed by atoms with van der Waals surface area (Å²) in [5, 5.41) is 0.772. The number of nitrogens with zero attached hydrogens (tertiary/aromatic N) is 1. The highest BCUT2D eigenvalue weighted by Gasteiger charge is 2.42. The largest absolute Gasteiger partial charge is 0.323 e. The Balaban J connectivity index is 1.38. The first-order valence-electron chi connectivity index (χ1n) is 11.8. The summed E-state index contributed by atoms with van der Waals surface area (Å²) in [5.74, 6) is 0. The average molecular weight is 421 g/mol. The lowest BCUT2D eigenvalue weighted by atomic mass is 9.73. The van der Waals surface area contributed by atoms with Crippen molar-refractivity contribution >= 4 is 17.3 Å². The van der Waals surface area contributed by atoms with E-state index in [4.69, 9.17) is 10.7 Å². The van der Waals surface area contributed by atoms with Gasteiger partial charge in [-0.1, -0.05) is 63.5 Å². The summed E-state index contributed by atoms with van der Waals surface area (Å²) in [7, 11) is 0. The number of rotatable bonds is 8. The Morgan fingerprint density at radius 2 is 1.93 bits per heavy atom. The quantitative estimate of drug-likeness (QED) is 0.485. The average Bonchev–Trinajstić information content (AvgIpc) is 3.06. The van der Waals surface area contributed by atoms with Crippen LogP contribution in [-0.2, 0) is 6.42 Å². The molecule has 2 aliphatic rings. The molecule has 1 aromatic carbocycles. The number of hydrogen-bond donors (Lipinski definition) is 1. The monoisotopic (exact) mass is 420 g/mol. The summed E-state index contributed by atoms with van der Waals surface area (Å²) in [6.07, 6.45) is 14.4. The van der Waals surface area contributed by atoms with Gasteiger partial charge in [0.25, 0.3) is 0 Å². The predicted octanol–water partition coefficient (Wildman–Crippen LogP) is 7.34. The van der Waals surface area contributed by atoms with E-state index >= 15 is 0 Å². The molecule has 2 atom stereocenters. The SMILES string of the molecule is C=C(CCC1(CCC)Cc2ccccc2[C@H]1N)c1ccc(SC2CCCCC2)cn1. The third kappa shape index (κ3) is 4.68. The van der Waals surface area contributed by atoms with E-state index in [2.05, 4.69) is 56.1 Å². The Bertz CT molecular complexity index is 853. The van der Waals surface area contributed by atoms with Gasteiger partial charge in [-0.3, -0.25) is 4.98 Å². The van der Waals surface area contributed by atoms with Gasteiger partial charge in [-0.05, 0) is 72.8 Å². The van der Waals surface area contributed by atoms with E-state index in [1.54, 1.807) is 0 Å². The molecule has 1 fully saturated rings. The number of hydrogen-bond acceptors (Lipinski definition) is 3.